The summed E-state index contributed by atoms with van der Waals surface area (Å²) >= 11 is 1.51. The zero-order valence-electron chi connectivity index (χ0n) is 10.5. The lowest BCUT2D eigenvalue weighted by molar-refractivity contribution is 0.771. The molecule has 20 heavy (non-hydrogen) atoms. The minimum atomic E-state index is 0.110. The molecule has 0 spiro atoms. The Hall–Kier alpha value is -2.68. The van der Waals surface area contributed by atoms with E-state index in [4.69, 9.17) is 5.26 Å². The molecule has 0 aliphatic heterocycles. The molecular formula is C12H9N7S. The molecule has 8 heteroatoms. The molecule has 0 bridgehead atoms. The largest absolute Gasteiger partial charge is 0.314 e. The van der Waals surface area contributed by atoms with Gasteiger partial charge in [0.15, 0.2) is 22.2 Å². The van der Waals surface area contributed by atoms with E-state index in [-0.39, 0.29) is 11.4 Å². The van der Waals surface area contributed by atoms with Crippen molar-refractivity contribution in [1.29, 1.82) is 10.5 Å². The van der Waals surface area contributed by atoms with Crippen LogP contribution < -0.4 is 5.32 Å². The highest BCUT2D eigenvalue weighted by molar-refractivity contribution is 7.15. The lowest BCUT2D eigenvalue weighted by atomic mass is 10.3. The van der Waals surface area contributed by atoms with Crippen molar-refractivity contribution in [3.8, 4) is 18.0 Å². The highest BCUT2D eigenvalue weighted by Crippen LogP contribution is 2.22. The summed E-state index contributed by atoms with van der Waals surface area (Å²) in [5.74, 6) is 0.622. The quantitative estimate of drug-likeness (QED) is 0.775. The molecule has 1 N–H and O–H groups in total. The zero-order valence-corrected chi connectivity index (χ0v) is 11.3. The Bertz CT molecular complexity index is 855. The van der Waals surface area contributed by atoms with E-state index in [1.165, 1.54) is 17.7 Å². The van der Waals surface area contributed by atoms with E-state index in [1.807, 2.05) is 35.2 Å². The summed E-state index contributed by atoms with van der Waals surface area (Å²) in [6.07, 6.45) is 3.39. The smallest absolute Gasteiger partial charge is 0.195 e. The standard InChI is InChI=1S/C12H9N7S/c1-15-6-10-11(17-12-18(10)2-3-20-12)19-7-16-8(4-13)9(19)5-14/h2-3,7,15H,6H2,1H3. The lowest BCUT2D eigenvalue weighted by Gasteiger charge is -2.04. The van der Waals surface area contributed by atoms with Gasteiger partial charge in [0.05, 0.1) is 5.69 Å². The molecule has 3 rings (SSSR count). The van der Waals surface area contributed by atoms with Gasteiger partial charge in [-0.3, -0.25) is 8.97 Å². The third-order valence-corrected chi connectivity index (χ3v) is 3.65. The van der Waals surface area contributed by atoms with E-state index in [0.717, 1.165) is 10.7 Å². The van der Waals surface area contributed by atoms with Crippen LogP contribution in [0.25, 0.3) is 10.8 Å². The summed E-state index contributed by atoms with van der Waals surface area (Å²) in [5, 5.41) is 23.2. The van der Waals surface area contributed by atoms with Crippen molar-refractivity contribution < 1.29 is 0 Å². The van der Waals surface area contributed by atoms with Crippen molar-refractivity contribution >= 4 is 16.3 Å². The van der Waals surface area contributed by atoms with Crippen molar-refractivity contribution in [3.63, 3.8) is 0 Å². The zero-order chi connectivity index (χ0) is 14.1. The van der Waals surface area contributed by atoms with Gasteiger partial charge >= 0.3 is 0 Å². The summed E-state index contributed by atoms with van der Waals surface area (Å²) in [5.41, 5.74) is 1.23. The molecule has 7 nitrogen and oxygen atoms in total. The first-order valence-corrected chi connectivity index (χ1v) is 6.65. The molecule has 0 unspecified atom stereocenters. The SMILES string of the molecule is CNCc1c(-n2cnc(C#N)c2C#N)nc2sccn12. The molecule has 0 amide bonds. The van der Waals surface area contributed by atoms with E-state index >= 15 is 0 Å². The van der Waals surface area contributed by atoms with E-state index in [1.54, 1.807) is 4.57 Å². The van der Waals surface area contributed by atoms with Crippen LogP contribution in [0.3, 0.4) is 0 Å². The highest BCUT2D eigenvalue weighted by Gasteiger charge is 2.19. The average Bonchev–Trinajstić information content (AvgIpc) is 3.12. The Morgan fingerprint density at radius 1 is 1.40 bits per heavy atom. The van der Waals surface area contributed by atoms with Gasteiger partial charge in [-0.2, -0.15) is 10.5 Å². The summed E-state index contributed by atoms with van der Waals surface area (Å²) in [6.45, 7) is 0.595. The van der Waals surface area contributed by atoms with Crippen LogP contribution >= 0.6 is 11.3 Å². The molecule has 0 atom stereocenters. The van der Waals surface area contributed by atoms with Crippen LogP contribution in [0.15, 0.2) is 17.9 Å². The summed E-state index contributed by atoms with van der Waals surface area (Å²) in [4.78, 5) is 9.31. The van der Waals surface area contributed by atoms with Gasteiger partial charge in [0, 0.05) is 18.1 Å². The van der Waals surface area contributed by atoms with Gasteiger partial charge in [0.1, 0.15) is 18.5 Å². The molecular weight excluding hydrogens is 274 g/mol. The van der Waals surface area contributed by atoms with Crippen LogP contribution in [0.4, 0.5) is 0 Å². The van der Waals surface area contributed by atoms with Crippen LogP contribution in [-0.2, 0) is 6.54 Å². The number of aromatic nitrogens is 4. The maximum atomic E-state index is 9.22. The van der Waals surface area contributed by atoms with Gasteiger partial charge in [-0.1, -0.05) is 0 Å². The number of nitriles is 2. The molecule has 0 saturated heterocycles. The lowest BCUT2D eigenvalue weighted by Crippen LogP contribution is -2.11. The van der Waals surface area contributed by atoms with E-state index < -0.39 is 0 Å². The van der Waals surface area contributed by atoms with Gasteiger partial charge in [-0.05, 0) is 7.05 Å². The van der Waals surface area contributed by atoms with Crippen molar-refractivity contribution in [2.24, 2.45) is 0 Å². The van der Waals surface area contributed by atoms with Crippen LogP contribution in [0, 0.1) is 22.7 Å². The fraction of sp³-hybridized carbons (Fsp3) is 0.167. The topological polar surface area (TPSA) is 94.7 Å². The molecule has 3 aromatic heterocycles. The molecule has 0 aliphatic rings. The molecule has 0 fully saturated rings. The van der Waals surface area contributed by atoms with Crippen molar-refractivity contribution in [2.45, 2.75) is 6.54 Å². The van der Waals surface area contributed by atoms with Gasteiger partial charge in [-0.25, -0.2) is 9.97 Å². The molecule has 0 saturated carbocycles. The molecule has 98 valence electrons. The molecule has 0 radical (unpaired) electrons. The Balaban J connectivity index is 2.27. The third-order valence-electron chi connectivity index (χ3n) is 2.89. The van der Waals surface area contributed by atoms with E-state index in [9.17, 15) is 5.26 Å². The minimum Gasteiger partial charge on any atom is -0.314 e. The predicted octanol–water partition coefficient (Wildman–Crippen LogP) is 1.04. The molecule has 3 heterocycles. The van der Waals surface area contributed by atoms with Crippen molar-refractivity contribution in [3.05, 3.63) is 35.0 Å². The Kier molecular flexibility index (Phi) is 2.95. The number of imidazole rings is 2. The van der Waals surface area contributed by atoms with Crippen LogP contribution in [0.2, 0.25) is 0 Å². The molecule has 0 aliphatic carbocycles. The van der Waals surface area contributed by atoms with Crippen molar-refractivity contribution in [2.75, 3.05) is 7.05 Å². The van der Waals surface area contributed by atoms with Gasteiger partial charge in [0.25, 0.3) is 0 Å². The maximum absolute atomic E-state index is 9.22. The first kappa shape index (κ1) is 12.4. The van der Waals surface area contributed by atoms with Crippen LogP contribution in [0.1, 0.15) is 17.1 Å². The fourth-order valence-corrected chi connectivity index (χ4v) is 2.77. The summed E-state index contributed by atoms with van der Waals surface area (Å²) < 4.78 is 3.52. The summed E-state index contributed by atoms with van der Waals surface area (Å²) in [6, 6.07) is 3.92. The van der Waals surface area contributed by atoms with Gasteiger partial charge in [0.2, 0.25) is 0 Å². The van der Waals surface area contributed by atoms with Crippen molar-refractivity contribution in [1.82, 2.24) is 24.3 Å². The number of nitrogens with zero attached hydrogens (tertiary/aromatic N) is 6. The monoisotopic (exact) mass is 283 g/mol. The normalized spacial score (nSPS) is 10.6. The number of rotatable bonds is 3. The number of nitrogens with one attached hydrogen (secondary N) is 1. The third kappa shape index (κ3) is 1.67. The first-order valence-electron chi connectivity index (χ1n) is 5.77. The second-order valence-electron chi connectivity index (χ2n) is 4.00. The first-order chi connectivity index (χ1) is 9.80. The van der Waals surface area contributed by atoms with E-state index in [0.29, 0.717) is 12.4 Å². The highest BCUT2D eigenvalue weighted by atomic mass is 32.1. The van der Waals surface area contributed by atoms with Gasteiger partial charge in [-0.15, -0.1) is 11.3 Å². The van der Waals surface area contributed by atoms with Crippen LogP contribution in [0.5, 0.6) is 0 Å². The van der Waals surface area contributed by atoms with E-state index in [2.05, 4.69) is 15.3 Å². The minimum absolute atomic E-state index is 0.110. The Labute approximate surface area is 118 Å². The predicted molar refractivity (Wildman–Crippen MR) is 72.4 cm³/mol. The summed E-state index contributed by atoms with van der Waals surface area (Å²) in [7, 11) is 1.84. The molecule has 3 aromatic rings. The number of hydrogen-bond donors (Lipinski definition) is 1. The van der Waals surface area contributed by atoms with Gasteiger partial charge < -0.3 is 5.32 Å². The maximum Gasteiger partial charge on any atom is 0.195 e. The average molecular weight is 283 g/mol. The molecule has 0 aromatic carbocycles. The number of fused-ring (bicyclic) bond motifs is 1. The second-order valence-corrected chi connectivity index (χ2v) is 4.88. The number of thiazole rings is 1. The Morgan fingerprint density at radius 2 is 2.25 bits per heavy atom. The number of hydrogen-bond acceptors (Lipinski definition) is 6. The second kappa shape index (κ2) is 4.78. The Morgan fingerprint density at radius 3 is 2.95 bits per heavy atom. The van der Waals surface area contributed by atoms with Crippen LogP contribution in [-0.4, -0.2) is 26.0 Å². The fourth-order valence-electron chi connectivity index (χ4n) is 2.04.